The molecule has 7 nitrogen and oxygen atoms in total. The molecule has 4 aromatic rings. The van der Waals surface area contributed by atoms with Gasteiger partial charge >= 0.3 is 0 Å². The van der Waals surface area contributed by atoms with Crippen LogP contribution in [0.5, 0.6) is 0 Å². The van der Waals surface area contributed by atoms with E-state index >= 15 is 0 Å². The number of hydrogen-bond donors (Lipinski definition) is 1. The topological polar surface area (TPSA) is 72.5 Å². The summed E-state index contributed by atoms with van der Waals surface area (Å²) in [5.74, 6) is 0.660. The summed E-state index contributed by atoms with van der Waals surface area (Å²) in [6, 6.07) is 0. The van der Waals surface area contributed by atoms with Gasteiger partial charge in [-0.3, -0.25) is 0 Å². The van der Waals surface area contributed by atoms with Gasteiger partial charge in [0.05, 0.1) is 17.6 Å². The minimum Gasteiger partial charge on any atom is -0.369 e. The van der Waals surface area contributed by atoms with Gasteiger partial charge in [-0.1, -0.05) is 6.92 Å². The Morgan fingerprint density at radius 3 is 3.22 bits per heavy atom. The van der Waals surface area contributed by atoms with Gasteiger partial charge in [0.2, 0.25) is 4.77 Å². The van der Waals surface area contributed by atoms with Crippen LogP contribution in [0.3, 0.4) is 0 Å². The van der Waals surface area contributed by atoms with E-state index < -0.39 is 0 Å². The highest BCUT2D eigenvalue weighted by atomic mass is 32.1. The summed E-state index contributed by atoms with van der Waals surface area (Å²) >= 11 is 7.13. The molecule has 0 saturated carbocycles. The van der Waals surface area contributed by atoms with E-state index in [2.05, 4.69) is 34.1 Å². The standard InChI is InChI=1S/C14H14N6OS2/c1-3-14(2)4-7-8(5-21-14)23-11-9(7)10-15-6-16-20(10)12-17-18-13(22)19(11)12/h6H,3-5H2,1-2H3,(H,18,22). The zero-order valence-corrected chi connectivity index (χ0v) is 14.3. The molecule has 0 aromatic carbocycles. The molecule has 1 N–H and O–H groups in total. The maximum atomic E-state index is 6.10. The molecule has 23 heavy (non-hydrogen) atoms. The molecule has 1 unspecified atom stereocenters. The molecular weight excluding hydrogens is 332 g/mol. The third kappa shape index (κ3) is 1.67. The van der Waals surface area contributed by atoms with Gasteiger partial charge in [-0.25, -0.2) is 14.5 Å². The Bertz CT molecular complexity index is 1140. The molecule has 0 radical (unpaired) electrons. The van der Waals surface area contributed by atoms with Crippen molar-refractivity contribution < 1.29 is 4.74 Å². The van der Waals surface area contributed by atoms with Crippen LogP contribution < -0.4 is 0 Å². The maximum Gasteiger partial charge on any atom is 0.257 e. The molecule has 5 rings (SSSR count). The fourth-order valence-corrected chi connectivity index (χ4v) is 4.76. The quantitative estimate of drug-likeness (QED) is 0.537. The number of aromatic nitrogens is 6. The lowest BCUT2D eigenvalue weighted by atomic mass is 9.90. The minimum absolute atomic E-state index is 0.134. The highest BCUT2D eigenvalue weighted by molar-refractivity contribution is 7.71. The van der Waals surface area contributed by atoms with Crippen molar-refractivity contribution in [2.24, 2.45) is 0 Å². The van der Waals surface area contributed by atoms with Crippen LogP contribution in [0.25, 0.3) is 21.6 Å². The highest BCUT2D eigenvalue weighted by Gasteiger charge is 2.33. The Hall–Kier alpha value is -1.84. The molecule has 118 valence electrons. The number of rotatable bonds is 1. The summed E-state index contributed by atoms with van der Waals surface area (Å²) in [6.07, 6.45) is 3.41. The number of nitrogens with one attached hydrogen (secondary N) is 1. The van der Waals surface area contributed by atoms with E-state index in [4.69, 9.17) is 17.0 Å². The Morgan fingerprint density at radius 2 is 2.39 bits per heavy atom. The molecule has 0 amide bonds. The second kappa shape index (κ2) is 4.37. The minimum atomic E-state index is -0.134. The van der Waals surface area contributed by atoms with Crippen LogP contribution in [-0.2, 0) is 17.8 Å². The van der Waals surface area contributed by atoms with Gasteiger partial charge in [-0.05, 0) is 31.1 Å². The largest absolute Gasteiger partial charge is 0.369 e. The van der Waals surface area contributed by atoms with Crippen molar-refractivity contribution in [3.8, 4) is 0 Å². The number of nitrogens with zero attached hydrogens (tertiary/aromatic N) is 5. The third-order valence-electron chi connectivity index (χ3n) is 4.74. The van der Waals surface area contributed by atoms with Crippen molar-refractivity contribution in [1.82, 2.24) is 29.2 Å². The molecule has 0 spiro atoms. The van der Waals surface area contributed by atoms with E-state index in [1.807, 2.05) is 4.40 Å². The molecule has 0 saturated heterocycles. The fourth-order valence-electron chi connectivity index (χ4n) is 3.25. The summed E-state index contributed by atoms with van der Waals surface area (Å²) in [5, 5.41) is 12.6. The van der Waals surface area contributed by atoms with Crippen molar-refractivity contribution >= 4 is 45.2 Å². The van der Waals surface area contributed by atoms with Crippen molar-refractivity contribution in [3.05, 3.63) is 21.5 Å². The average molecular weight is 346 g/mol. The van der Waals surface area contributed by atoms with E-state index in [-0.39, 0.29) is 5.60 Å². The van der Waals surface area contributed by atoms with Crippen molar-refractivity contribution in [1.29, 1.82) is 0 Å². The van der Waals surface area contributed by atoms with Gasteiger partial charge in [0.15, 0.2) is 5.65 Å². The lowest BCUT2D eigenvalue weighted by Gasteiger charge is -2.32. The molecule has 4 aromatic heterocycles. The summed E-state index contributed by atoms with van der Waals surface area (Å²) in [6.45, 7) is 4.96. The number of ether oxygens (including phenoxy) is 1. The smallest absolute Gasteiger partial charge is 0.257 e. The molecule has 0 bridgehead atoms. The molecule has 5 heterocycles. The van der Waals surface area contributed by atoms with Crippen LogP contribution in [-0.4, -0.2) is 34.8 Å². The zero-order chi connectivity index (χ0) is 15.8. The van der Waals surface area contributed by atoms with Crippen LogP contribution >= 0.6 is 23.6 Å². The molecule has 1 atom stereocenters. The van der Waals surface area contributed by atoms with Crippen LogP contribution in [0, 0.1) is 4.77 Å². The van der Waals surface area contributed by atoms with Gasteiger partial charge in [0.25, 0.3) is 5.78 Å². The predicted molar refractivity (Wildman–Crippen MR) is 89.5 cm³/mol. The van der Waals surface area contributed by atoms with Crippen LogP contribution in [0.4, 0.5) is 0 Å². The first-order valence-corrected chi connectivity index (χ1v) is 8.71. The Morgan fingerprint density at radius 1 is 1.52 bits per heavy atom. The molecular formula is C14H14N6OS2. The van der Waals surface area contributed by atoms with E-state index in [9.17, 15) is 0 Å². The molecule has 1 aliphatic heterocycles. The summed E-state index contributed by atoms with van der Waals surface area (Å²) in [4.78, 5) is 6.78. The summed E-state index contributed by atoms with van der Waals surface area (Å²) in [5.41, 5.74) is 2.01. The first-order valence-electron chi connectivity index (χ1n) is 7.48. The number of thiophene rings is 1. The Kier molecular flexibility index (Phi) is 2.58. The zero-order valence-electron chi connectivity index (χ0n) is 12.7. The van der Waals surface area contributed by atoms with Gasteiger partial charge in [-0.15, -0.1) is 16.4 Å². The normalized spacial score (nSPS) is 21.5. The van der Waals surface area contributed by atoms with Crippen LogP contribution in [0.2, 0.25) is 0 Å². The van der Waals surface area contributed by atoms with Crippen LogP contribution in [0.15, 0.2) is 6.33 Å². The monoisotopic (exact) mass is 346 g/mol. The first kappa shape index (κ1) is 13.6. The predicted octanol–water partition coefficient (Wildman–Crippen LogP) is 2.89. The van der Waals surface area contributed by atoms with Crippen molar-refractivity contribution in [2.45, 2.75) is 38.9 Å². The van der Waals surface area contributed by atoms with E-state index in [1.54, 1.807) is 22.2 Å². The fraction of sp³-hybridized carbons (Fsp3) is 0.429. The van der Waals surface area contributed by atoms with E-state index in [0.29, 0.717) is 17.2 Å². The number of aromatic amines is 1. The number of fused-ring (bicyclic) bond motifs is 8. The second-order valence-electron chi connectivity index (χ2n) is 6.11. The lowest BCUT2D eigenvalue weighted by Crippen LogP contribution is -2.33. The van der Waals surface area contributed by atoms with Crippen LogP contribution in [0.1, 0.15) is 30.7 Å². The molecule has 1 aliphatic rings. The number of H-pyrrole nitrogens is 1. The SMILES string of the molecule is CCC1(C)Cc2c(sc3c2c2ncnn2c2n[nH]c(=S)n32)CO1. The van der Waals surface area contributed by atoms with Gasteiger partial charge < -0.3 is 4.74 Å². The number of hydrogen-bond acceptors (Lipinski definition) is 6. The first-order chi connectivity index (χ1) is 11.1. The summed E-state index contributed by atoms with van der Waals surface area (Å²) in [7, 11) is 0. The molecule has 9 heteroatoms. The highest BCUT2D eigenvalue weighted by Crippen LogP contribution is 2.41. The van der Waals surface area contributed by atoms with Crippen molar-refractivity contribution in [3.63, 3.8) is 0 Å². The third-order valence-corrected chi connectivity index (χ3v) is 6.21. The van der Waals surface area contributed by atoms with Gasteiger partial charge in [0, 0.05) is 11.3 Å². The second-order valence-corrected chi connectivity index (χ2v) is 7.58. The lowest BCUT2D eigenvalue weighted by molar-refractivity contribution is -0.0542. The van der Waals surface area contributed by atoms with E-state index in [1.165, 1.54) is 10.4 Å². The Labute approximate surface area is 139 Å². The van der Waals surface area contributed by atoms with E-state index in [0.717, 1.165) is 28.7 Å². The molecule has 0 fully saturated rings. The van der Waals surface area contributed by atoms with Gasteiger partial charge in [-0.2, -0.15) is 9.61 Å². The maximum absolute atomic E-state index is 6.10. The van der Waals surface area contributed by atoms with Gasteiger partial charge in [0.1, 0.15) is 11.2 Å². The molecule has 0 aliphatic carbocycles. The Balaban J connectivity index is 1.99. The average Bonchev–Trinajstić information content (AvgIpc) is 3.23. The van der Waals surface area contributed by atoms with Crippen molar-refractivity contribution in [2.75, 3.05) is 0 Å². The summed E-state index contributed by atoms with van der Waals surface area (Å²) < 4.78 is 10.4.